The maximum atomic E-state index is 12.2. The number of carbonyl (C=O) groups excluding carboxylic acids is 2. The van der Waals surface area contributed by atoms with E-state index in [1.165, 1.54) is 60.9 Å². The summed E-state index contributed by atoms with van der Waals surface area (Å²) in [6.07, 6.45) is 19.5. The van der Waals surface area contributed by atoms with Crippen LogP contribution in [-0.4, -0.2) is 62.4 Å². The van der Waals surface area contributed by atoms with E-state index in [1.54, 1.807) is 5.57 Å². The van der Waals surface area contributed by atoms with E-state index in [9.17, 15) is 14.7 Å². The van der Waals surface area contributed by atoms with Crippen LogP contribution in [-0.2, 0) is 16.0 Å². The van der Waals surface area contributed by atoms with Gasteiger partial charge in [-0.3, -0.25) is 4.79 Å². The molecule has 0 saturated heterocycles. The molecule has 1 aromatic carbocycles. The highest BCUT2D eigenvalue weighted by Gasteiger charge is 2.35. The number of rotatable bonds is 19. The van der Waals surface area contributed by atoms with Crippen LogP contribution in [0.2, 0.25) is 0 Å². The summed E-state index contributed by atoms with van der Waals surface area (Å²) in [6.45, 7) is 11.5. The number of nitrogens with one attached hydrogen (secondary N) is 2. The highest BCUT2D eigenvalue weighted by Crippen LogP contribution is 2.47. The smallest absolute Gasteiger partial charge is 0.407 e. The number of alkyl carbamates (subject to hydrolysis) is 1. The largest absolute Gasteiger partial charge is 0.448 e. The van der Waals surface area contributed by atoms with Crippen molar-refractivity contribution in [3.8, 4) is 0 Å². The number of aliphatic hydroxyl groups is 1. The monoisotopic (exact) mass is 678 g/mol. The fraction of sp³-hybridized carbons (Fsp3) is 0.714. The number of benzene rings is 1. The SMILES string of the molecule is CCCN(CCC)c1ccc(CCCNC(=O)OCCNCCCCCCC2CC(C)C(O)CCCC3CCC4=CC(=O)CCC4=C32)cc1. The number of ether oxygens (including phenoxy) is 1. The molecule has 1 amide bonds. The van der Waals surface area contributed by atoms with Gasteiger partial charge in [0.05, 0.1) is 6.10 Å². The molecule has 0 heterocycles. The fourth-order valence-electron chi connectivity index (χ4n) is 8.44. The number of ketones is 1. The second kappa shape index (κ2) is 21.5. The molecule has 3 aliphatic rings. The summed E-state index contributed by atoms with van der Waals surface area (Å²) in [7, 11) is 0. The van der Waals surface area contributed by atoms with Gasteiger partial charge in [0.15, 0.2) is 5.78 Å². The Bertz CT molecular complexity index is 1200. The van der Waals surface area contributed by atoms with Crippen molar-refractivity contribution in [2.75, 3.05) is 44.2 Å². The van der Waals surface area contributed by atoms with Gasteiger partial charge in [-0.2, -0.15) is 0 Å². The van der Waals surface area contributed by atoms with E-state index in [0.29, 0.717) is 49.7 Å². The van der Waals surface area contributed by atoms with Crippen molar-refractivity contribution >= 4 is 17.6 Å². The minimum atomic E-state index is -0.336. The predicted octanol–water partition coefficient (Wildman–Crippen LogP) is 8.70. The van der Waals surface area contributed by atoms with Gasteiger partial charge in [0, 0.05) is 38.3 Å². The van der Waals surface area contributed by atoms with E-state index in [0.717, 1.165) is 83.8 Å². The number of hydrogen-bond donors (Lipinski definition) is 3. The number of aliphatic hydroxyl groups excluding tert-OH is 1. The average molecular weight is 678 g/mol. The third kappa shape index (κ3) is 12.9. The van der Waals surface area contributed by atoms with Crippen LogP contribution < -0.4 is 15.5 Å². The Labute approximate surface area is 297 Å². The van der Waals surface area contributed by atoms with Gasteiger partial charge in [-0.15, -0.1) is 0 Å². The molecule has 4 rings (SSSR count). The van der Waals surface area contributed by atoms with E-state index < -0.39 is 0 Å². The lowest BCUT2D eigenvalue weighted by molar-refractivity contribution is -0.114. The molecule has 0 aromatic heterocycles. The fourth-order valence-corrected chi connectivity index (χ4v) is 8.44. The van der Waals surface area contributed by atoms with Gasteiger partial charge in [0.25, 0.3) is 0 Å². The first kappa shape index (κ1) is 39.2. The lowest BCUT2D eigenvalue weighted by atomic mass is 9.68. The first-order valence-electron chi connectivity index (χ1n) is 20.0. The molecule has 0 bridgehead atoms. The minimum absolute atomic E-state index is 0.196. The standard InChI is InChI=1S/C42H67N3O4/c1-4-27-45(28-5-2)37-20-16-33(17-21-37)12-11-25-44-42(48)49-29-26-43-24-9-7-6-8-13-36-30-32(3)40(47)15-10-14-34-18-19-35-31-38(46)22-23-39(35)41(34)36/h16-17,20-21,31-32,34,36,40,43,47H,4-15,18-19,22-30H2,1-3H3,(H,44,48). The Kier molecular flexibility index (Phi) is 17.2. The van der Waals surface area contributed by atoms with Crippen molar-refractivity contribution in [3.63, 3.8) is 0 Å². The molecule has 3 aliphatic carbocycles. The molecule has 49 heavy (non-hydrogen) atoms. The number of nitrogens with zero attached hydrogens (tertiary/aromatic N) is 1. The molecule has 3 N–H and O–H groups in total. The second-order valence-corrected chi connectivity index (χ2v) is 15.0. The zero-order chi connectivity index (χ0) is 34.8. The third-order valence-electron chi connectivity index (χ3n) is 11.1. The normalized spacial score (nSPS) is 22.7. The highest BCUT2D eigenvalue weighted by atomic mass is 16.5. The van der Waals surface area contributed by atoms with Gasteiger partial charge in [0.2, 0.25) is 0 Å². The molecule has 1 saturated carbocycles. The zero-order valence-corrected chi connectivity index (χ0v) is 31.1. The van der Waals surface area contributed by atoms with Crippen LogP contribution in [0.3, 0.4) is 0 Å². The van der Waals surface area contributed by atoms with Crippen LogP contribution in [0.4, 0.5) is 10.5 Å². The molecule has 7 nitrogen and oxygen atoms in total. The highest BCUT2D eigenvalue weighted by molar-refractivity contribution is 5.93. The van der Waals surface area contributed by atoms with Gasteiger partial charge in [-0.05, 0) is 136 Å². The van der Waals surface area contributed by atoms with Gasteiger partial charge in [-0.25, -0.2) is 4.79 Å². The Morgan fingerprint density at radius 1 is 0.918 bits per heavy atom. The molecule has 0 aliphatic heterocycles. The maximum absolute atomic E-state index is 12.2. The topological polar surface area (TPSA) is 90.9 Å². The molecule has 0 spiro atoms. The van der Waals surface area contributed by atoms with Crippen LogP contribution in [0.1, 0.15) is 129 Å². The summed E-state index contributed by atoms with van der Waals surface area (Å²) < 4.78 is 5.36. The number of carbonyl (C=O) groups is 2. The number of anilines is 1. The van der Waals surface area contributed by atoms with Crippen molar-refractivity contribution in [3.05, 3.63) is 52.6 Å². The van der Waals surface area contributed by atoms with Crippen molar-refractivity contribution in [1.29, 1.82) is 0 Å². The average Bonchev–Trinajstić information content (AvgIpc) is 3.15. The summed E-state index contributed by atoms with van der Waals surface area (Å²) in [5.74, 6) is 1.78. The number of amides is 1. The van der Waals surface area contributed by atoms with Gasteiger partial charge in [0.1, 0.15) is 6.61 Å². The lowest BCUT2D eigenvalue weighted by Crippen LogP contribution is -2.29. The van der Waals surface area contributed by atoms with Crippen LogP contribution in [0, 0.1) is 17.8 Å². The summed E-state index contributed by atoms with van der Waals surface area (Å²) in [5, 5.41) is 17.1. The van der Waals surface area contributed by atoms with Crippen molar-refractivity contribution in [1.82, 2.24) is 10.6 Å². The molecule has 4 unspecified atom stereocenters. The van der Waals surface area contributed by atoms with Gasteiger partial charge >= 0.3 is 6.09 Å². The summed E-state index contributed by atoms with van der Waals surface area (Å²) >= 11 is 0. The Morgan fingerprint density at radius 3 is 2.47 bits per heavy atom. The quantitative estimate of drug-likeness (QED) is 0.127. The molecule has 1 aromatic rings. The summed E-state index contributed by atoms with van der Waals surface area (Å²) in [6, 6.07) is 8.87. The molecular weight excluding hydrogens is 610 g/mol. The summed E-state index contributed by atoms with van der Waals surface area (Å²) in [4.78, 5) is 26.8. The van der Waals surface area contributed by atoms with E-state index >= 15 is 0 Å². The number of hydrogen-bond acceptors (Lipinski definition) is 6. The van der Waals surface area contributed by atoms with Crippen LogP contribution in [0.5, 0.6) is 0 Å². The predicted molar refractivity (Wildman–Crippen MR) is 202 cm³/mol. The molecule has 1 fully saturated rings. The number of allylic oxidation sites excluding steroid dienone is 4. The third-order valence-corrected chi connectivity index (χ3v) is 11.1. The van der Waals surface area contributed by atoms with E-state index in [1.807, 2.05) is 6.08 Å². The van der Waals surface area contributed by atoms with Crippen molar-refractivity contribution in [2.45, 2.75) is 136 Å². The number of fused-ring (bicyclic) bond motifs is 2. The molecule has 4 atom stereocenters. The minimum Gasteiger partial charge on any atom is -0.448 e. The maximum Gasteiger partial charge on any atom is 0.407 e. The number of aryl methyl sites for hydroxylation is 1. The molecular formula is C42H67N3O4. The Balaban J connectivity index is 1.06. The first-order chi connectivity index (χ1) is 23.9. The first-order valence-corrected chi connectivity index (χ1v) is 20.0. The van der Waals surface area contributed by atoms with Crippen molar-refractivity contribution in [2.24, 2.45) is 17.8 Å². The van der Waals surface area contributed by atoms with Crippen LogP contribution >= 0.6 is 0 Å². The molecule has 7 heteroatoms. The summed E-state index contributed by atoms with van der Waals surface area (Å²) in [5.41, 5.74) is 7.11. The van der Waals surface area contributed by atoms with E-state index in [2.05, 4.69) is 60.6 Å². The lowest BCUT2D eigenvalue weighted by Gasteiger charge is -2.37. The van der Waals surface area contributed by atoms with Crippen molar-refractivity contribution < 1.29 is 19.4 Å². The van der Waals surface area contributed by atoms with Gasteiger partial charge in [-0.1, -0.05) is 64.2 Å². The Morgan fingerprint density at radius 2 is 1.69 bits per heavy atom. The van der Waals surface area contributed by atoms with E-state index in [-0.39, 0.29) is 12.2 Å². The van der Waals surface area contributed by atoms with Crippen LogP contribution in [0.15, 0.2) is 47.1 Å². The Hall–Kier alpha value is -2.64. The van der Waals surface area contributed by atoms with Crippen LogP contribution in [0.25, 0.3) is 0 Å². The second-order valence-electron chi connectivity index (χ2n) is 15.0. The number of unbranched alkanes of at least 4 members (excludes halogenated alkanes) is 3. The van der Waals surface area contributed by atoms with E-state index in [4.69, 9.17) is 4.74 Å². The zero-order valence-electron chi connectivity index (χ0n) is 31.1. The molecule has 0 radical (unpaired) electrons. The van der Waals surface area contributed by atoms with Gasteiger partial charge < -0.3 is 25.4 Å². The molecule has 274 valence electrons.